The molecule has 1 heteroatoms. The Labute approximate surface area is 72.8 Å². The first-order valence-electron chi connectivity index (χ1n) is 3.98. The third kappa shape index (κ3) is 1.62. The second-order valence-electron chi connectivity index (χ2n) is 2.62. The van der Waals surface area contributed by atoms with E-state index in [1.807, 2.05) is 26.0 Å². The van der Waals surface area contributed by atoms with Crippen molar-refractivity contribution in [3.05, 3.63) is 34.7 Å². The van der Waals surface area contributed by atoms with E-state index < -0.39 is 0 Å². The number of nitrogens with zero attached hydrogens (tertiary/aromatic N) is 1. The molecule has 0 radical (unpaired) electrons. The highest BCUT2D eigenvalue weighted by atomic mass is 14.7. The molecule has 0 saturated heterocycles. The van der Waals surface area contributed by atoms with Crippen molar-refractivity contribution in [2.45, 2.75) is 13.8 Å². The van der Waals surface area contributed by atoms with E-state index in [4.69, 9.17) is 0 Å². The molecular formula is C11H13N. The Morgan fingerprint density at radius 1 is 1.42 bits per heavy atom. The monoisotopic (exact) mass is 159 g/mol. The molecule has 62 valence electrons. The summed E-state index contributed by atoms with van der Waals surface area (Å²) >= 11 is 0. The van der Waals surface area contributed by atoms with Crippen LogP contribution in [0.4, 0.5) is 0 Å². The molecule has 0 spiro atoms. The first kappa shape index (κ1) is 8.72. The molecular weight excluding hydrogens is 146 g/mol. The van der Waals surface area contributed by atoms with Crippen molar-refractivity contribution < 1.29 is 0 Å². The Hall–Kier alpha value is -1.37. The molecule has 0 atom stereocenters. The average molecular weight is 159 g/mol. The summed E-state index contributed by atoms with van der Waals surface area (Å²) in [6, 6.07) is 8.16. The van der Waals surface area contributed by atoms with Gasteiger partial charge in [-0.15, -0.1) is 0 Å². The van der Waals surface area contributed by atoms with Gasteiger partial charge in [-0.25, -0.2) is 0 Å². The van der Waals surface area contributed by atoms with Crippen molar-refractivity contribution in [3.63, 3.8) is 0 Å². The van der Waals surface area contributed by atoms with E-state index in [0.717, 1.165) is 10.9 Å². The van der Waals surface area contributed by atoms with Gasteiger partial charge in [-0.1, -0.05) is 30.3 Å². The molecule has 0 bridgehead atoms. The lowest BCUT2D eigenvalue weighted by Crippen LogP contribution is -2.24. The van der Waals surface area contributed by atoms with Crippen LogP contribution in [0.15, 0.2) is 29.3 Å². The summed E-state index contributed by atoms with van der Waals surface area (Å²) in [5.41, 5.74) is 0.976. The summed E-state index contributed by atoms with van der Waals surface area (Å²) < 4.78 is 0. The largest absolute Gasteiger partial charge is 0.269 e. The predicted octanol–water partition coefficient (Wildman–Crippen LogP) is 1.32. The normalized spacial score (nSPS) is 14.3. The summed E-state index contributed by atoms with van der Waals surface area (Å²) in [4.78, 5) is 3.91. The molecule has 0 saturated carbocycles. The standard InChI is InChI=1S/C11H13N/c1-4-10-7-5-6-8-11(10)9(2)12-3/h4-8H,3H2,1-2H3/b10-4-,11-9-. The molecule has 1 aromatic rings. The third-order valence-electron chi connectivity index (χ3n) is 1.90. The van der Waals surface area contributed by atoms with Crippen LogP contribution in [0, 0.1) is 0 Å². The fourth-order valence-electron chi connectivity index (χ4n) is 1.16. The molecule has 0 aliphatic rings. The van der Waals surface area contributed by atoms with Crippen LogP contribution in [0.5, 0.6) is 0 Å². The van der Waals surface area contributed by atoms with Gasteiger partial charge in [0.15, 0.2) is 0 Å². The van der Waals surface area contributed by atoms with E-state index in [2.05, 4.69) is 29.9 Å². The number of aliphatic imine (C=N–C) groups is 1. The summed E-state index contributed by atoms with van der Waals surface area (Å²) in [6.45, 7) is 7.50. The van der Waals surface area contributed by atoms with Crippen LogP contribution in [0.3, 0.4) is 0 Å². The molecule has 1 nitrogen and oxygen atoms in total. The zero-order valence-electron chi connectivity index (χ0n) is 7.54. The van der Waals surface area contributed by atoms with Gasteiger partial charge in [0, 0.05) is 10.9 Å². The number of benzene rings is 1. The van der Waals surface area contributed by atoms with Gasteiger partial charge in [-0.2, -0.15) is 0 Å². The first-order chi connectivity index (χ1) is 5.79. The van der Waals surface area contributed by atoms with E-state index in [1.54, 1.807) is 0 Å². The van der Waals surface area contributed by atoms with Crippen LogP contribution < -0.4 is 10.4 Å². The number of rotatable bonds is 1. The van der Waals surface area contributed by atoms with Gasteiger partial charge in [0.05, 0.1) is 0 Å². The van der Waals surface area contributed by atoms with Crippen molar-refractivity contribution in [1.29, 1.82) is 0 Å². The Morgan fingerprint density at radius 3 is 2.67 bits per heavy atom. The molecule has 0 fully saturated rings. The second kappa shape index (κ2) is 3.86. The summed E-state index contributed by atoms with van der Waals surface area (Å²) in [6.07, 6.45) is 2.07. The minimum Gasteiger partial charge on any atom is -0.269 e. The zero-order chi connectivity index (χ0) is 8.97. The maximum absolute atomic E-state index is 3.91. The molecule has 1 aromatic carbocycles. The van der Waals surface area contributed by atoms with E-state index >= 15 is 0 Å². The van der Waals surface area contributed by atoms with Gasteiger partial charge in [0.25, 0.3) is 0 Å². The third-order valence-corrected chi connectivity index (χ3v) is 1.90. The molecule has 0 aliphatic heterocycles. The van der Waals surface area contributed by atoms with Gasteiger partial charge in [0.1, 0.15) is 0 Å². The maximum atomic E-state index is 3.91. The average Bonchev–Trinajstić information content (AvgIpc) is 2.16. The highest BCUT2D eigenvalue weighted by Crippen LogP contribution is 1.87. The fraction of sp³-hybridized carbons (Fsp3) is 0.182. The predicted molar refractivity (Wildman–Crippen MR) is 54.5 cm³/mol. The summed E-state index contributed by atoms with van der Waals surface area (Å²) in [5, 5.41) is 2.37. The van der Waals surface area contributed by atoms with Gasteiger partial charge >= 0.3 is 0 Å². The van der Waals surface area contributed by atoms with Gasteiger partial charge in [-0.05, 0) is 25.8 Å². The molecule has 12 heavy (non-hydrogen) atoms. The maximum Gasteiger partial charge on any atom is 0.0443 e. The Bertz CT molecular complexity index is 388. The Kier molecular flexibility index (Phi) is 2.81. The van der Waals surface area contributed by atoms with E-state index in [1.165, 1.54) is 5.22 Å². The molecule has 0 unspecified atom stereocenters. The fourth-order valence-corrected chi connectivity index (χ4v) is 1.16. The van der Waals surface area contributed by atoms with Crippen molar-refractivity contribution in [2.75, 3.05) is 0 Å². The lowest BCUT2D eigenvalue weighted by atomic mass is 10.2. The molecule has 1 rings (SSSR count). The van der Waals surface area contributed by atoms with Gasteiger partial charge in [-0.3, -0.25) is 4.99 Å². The van der Waals surface area contributed by atoms with Gasteiger partial charge in [0.2, 0.25) is 0 Å². The van der Waals surface area contributed by atoms with Crippen LogP contribution >= 0.6 is 0 Å². The number of hydrogen-bond donors (Lipinski definition) is 0. The molecule has 0 amide bonds. The highest BCUT2D eigenvalue weighted by molar-refractivity contribution is 5.49. The Morgan fingerprint density at radius 2 is 2.08 bits per heavy atom. The highest BCUT2D eigenvalue weighted by Gasteiger charge is 1.86. The van der Waals surface area contributed by atoms with Crippen LogP contribution in [0.25, 0.3) is 11.8 Å². The molecule has 0 N–H and O–H groups in total. The Balaban J connectivity index is 3.65. The van der Waals surface area contributed by atoms with Crippen LogP contribution in [-0.2, 0) is 0 Å². The van der Waals surface area contributed by atoms with Crippen molar-refractivity contribution in [3.8, 4) is 0 Å². The van der Waals surface area contributed by atoms with Crippen molar-refractivity contribution >= 4 is 18.5 Å². The lowest BCUT2D eigenvalue weighted by Gasteiger charge is -1.92. The SMILES string of the molecule is C=N/C(C)=c1/cccc/c1=C/C. The topological polar surface area (TPSA) is 12.4 Å². The minimum absolute atomic E-state index is 0.976. The van der Waals surface area contributed by atoms with E-state index in [9.17, 15) is 0 Å². The van der Waals surface area contributed by atoms with Crippen LogP contribution in [0.2, 0.25) is 0 Å². The molecule has 0 aliphatic carbocycles. The van der Waals surface area contributed by atoms with Gasteiger partial charge < -0.3 is 0 Å². The summed E-state index contributed by atoms with van der Waals surface area (Å²) in [7, 11) is 0. The number of hydrogen-bond acceptors (Lipinski definition) is 1. The lowest BCUT2D eigenvalue weighted by molar-refractivity contribution is 1.40. The molecule has 0 heterocycles. The zero-order valence-corrected chi connectivity index (χ0v) is 7.54. The van der Waals surface area contributed by atoms with Crippen molar-refractivity contribution in [1.82, 2.24) is 0 Å². The second-order valence-corrected chi connectivity index (χ2v) is 2.62. The van der Waals surface area contributed by atoms with E-state index in [-0.39, 0.29) is 0 Å². The molecule has 0 aromatic heterocycles. The quantitative estimate of drug-likeness (QED) is 0.548. The van der Waals surface area contributed by atoms with Crippen LogP contribution in [0.1, 0.15) is 13.8 Å². The van der Waals surface area contributed by atoms with E-state index in [0.29, 0.717) is 0 Å². The minimum atomic E-state index is 0.976. The summed E-state index contributed by atoms with van der Waals surface area (Å²) in [5.74, 6) is 0. The van der Waals surface area contributed by atoms with Crippen LogP contribution in [-0.4, -0.2) is 6.72 Å². The smallest absolute Gasteiger partial charge is 0.0443 e. The first-order valence-corrected chi connectivity index (χ1v) is 3.98. The van der Waals surface area contributed by atoms with Crippen molar-refractivity contribution in [2.24, 2.45) is 4.99 Å².